The lowest BCUT2D eigenvalue weighted by atomic mass is 10.0. The Hall–Kier alpha value is -3.78. The first-order chi connectivity index (χ1) is 14.1. The number of amides is 1. The van der Waals surface area contributed by atoms with E-state index in [1.165, 1.54) is 6.92 Å². The first-order valence-corrected chi connectivity index (χ1v) is 8.95. The highest BCUT2D eigenvalue weighted by Gasteiger charge is 2.19. The molecule has 4 aromatic heterocycles. The molecule has 0 fully saturated rings. The first kappa shape index (κ1) is 18.6. The first-order valence-electron chi connectivity index (χ1n) is 8.95. The number of nitrogens with zero attached hydrogens (tertiary/aromatic N) is 3. The van der Waals surface area contributed by atoms with Gasteiger partial charge >= 0.3 is 0 Å². The van der Waals surface area contributed by atoms with Crippen molar-refractivity contribution in [3.05, 3.63) is 54.5 Å². The van der Waals surface area contributed by atoms with Crippen LogP contribution in [0.15, 0.2) is 48.9 Å². The quantitative estimate of drug-likeness (QED) is 0.483. The van der Waals surface area contributed by atoms with Crippen molar-refractivity contribution in [1.29, 1.82) is 0 Å². The molecule has 0 saturated carbocycles. The molecule has 8 nitrogen and oxygen atoms in total. The summed E-state index contributed by atoms with van der Waals surface area (Å²) in [7, 11) is 1.56. The number of fused-ring (bicyclic) bond motifs is 1. The number of methoxy groups -OCH3 is 1. The lowest BCUT2D eigenvalue weighted by Gasteiger charge is -2.08. The number of rotatable bonds is 5. The Bertz CT molecular complexity index is 1180. The smallest absolute Gasteiger partial charge is 0.222 e. The number of pyridine rings is 3. The van der Waals surface area contributed by atoms with Crippen molar-refractivity contribution in [2.24, 2.45) is 0 Å². The molecule has 0 radical (unpaired) electrons. The standard InChI is InChI=1S/C21H19N5O3/c1-12(28)25-16-9-13(5-7-22-16)19-18(14-3-4-17(29-2)24-10-14)21-20(26-19)15(11-27)6-8-23-21/h3-10,26-27H,11H2,1-2H3,(H,22,25,28). The van der Waals surface area contributed by atoms with Crippen LogP contribution in [-0.4, -0.2) is 38.1 Å². The van der Waals surface area contributed by atoms with Crippen molar-refractivity contribution in [3.8, 4) is 28.3 Å². The number of anilines is 1. The Kier molecular flexibility index (Phi) is 4.92. The zero-order valence-corrected chi connectivity index (χ0v) is 15.9. The summed E-state index contributed by atoms with van der Waals surface area (Å²) in [6.45, 7) is 1.32. The molecule has 3 N–H and O–H groups in total. The summed E-state index contributed by atoms with van der Waals surface area (Å²) in [6.07, 6.45) is 5.01. The van der Waals surface area contributed by atoms with Gasteiger partial charge in [-0.05, 0) is 24.3 Å². The minimum atomic E-state index is -0.199. The summed E-state index contributed by atoms with van der Waals surface area (Å²) in [4.78, 5) is 27.8. The third kappa shape index (κ3) is 3.53. The fourth-order valence-electron chi connectivity index (χ4n) is 3.25. The Morgan fingerprint density at radius 3 is 2.66 bits per heavy atom. The number of ether oxygens (including phenoxy) is 1. The number of nitrogens with one attached hydrogen (secondary N) is 2. The number of carbonyl (C=O) groups excluding carboxylic acids is 1. The van der Waals surface area contributed by atoms with Gasteiger partial charge < -0.3 is 20.1 Å². The Morgan fingerprint density at radius 2 is 1.97 bits per heavy atom. The average Bonchev–Trinajstić information content (AvgIpc) is 3.13. The van der Waals surface area contributed by atoms with E-state index in [0.29, 0.717) is 11.7 Å². The third-order valence-corrected chi connectivity index (χ3v) is 4.53. The Morgan fingerprint density at radius 1 is 1.14 bits per heavy atom. The lowest BCUT2D eigenvalue weighted by Crippen LogP contribution is -2.07. The molecule has 0 saturated heterocycles. The van der Waals surface area contributed by atoms with Gasteiger partial charge in [-0.3, -0.25) is 9.78 Å². The predicted molar refractivity (Wildman–Crippen MR) is 109 cm³/mol. The van der Waals surface area contributed by atoms with Crippen LogP contribution in [0.3, 0.4) is 0 Å². The van der Waals surface area contributed by atoms with Crippen molar-refractivity contribution < 1.29 is 14.6 Å². The minimum absolute atomic E-state index is 0.118. The zero-order chi connectivity index (χ0) is 20.4. The molecule has 0 aliphatic heterocycles. The van der Waals surface area contributed by atoms with Crippen molar-refractivity contribution in [2.45, 2.75) is 13.5 Å². The van der Waals surface area contributed by atoms with Gasteiger partial charge in [0.05, 0.1) is 30.4 Å². The van der Waals surface area contributed by atoms with Crippen molar-refractivity contribution >= 4 is 22.8 Å². The van der Waals surface area contributed by atoms with E-state index in [1.54, 1.807) is 43.9 Å². The molecule has 4 heterocycles. The SMILES string of the molecule is COc1ccc(-c2c(-c3ccnc(NC(C)=O)c3)[nH]c3c(CO)ccnc23)cn1. The number of hydrogen-bond donors (Lipinski definition) is 3. The van der Waals surface area contributed by atoms with E-state index >= 15 is 0 Å². The molecule has 0 spiro atoms. The molecule has 0 aliphatic carbocycles. The van der Waals surface area contributed by atoms with Crippen molar-refractivity contribution in [1.82, 2.24) is 19.9 Å². The number of H-pyrrole nitrogens is 1. The van der Waals surface area contributed by atoms with Crippen LogP contribution < -0.4 is 10.1 Å². The molecule has 146 valence electrons. The number of aliphatic hydroxyl groups is 1. The van der Waals surface area contributed by atoms with E-state index in [2.05, 4.69) is 25.3 Å². The summed E-state index contributed by atoms with van der Waals surface area (Å²) in [5, 5.41) is 12.5. The van der Waals surface area contributed by atoms with Crippen LogP contribution in [0.4, 0.5) is 5.82 Å². The monoisotopic (exact) mass is 389 g/mol. The molecule has 8 heteroatoms. The number of carbonyl (C=O) groups is 1. The van der Waals surface area contributed by atoms with Gasteiger partial charge in [-0.15, -0.1) is 0 Å². The van der Waals surface area contributed by atoms with E-state index in [0.717, 1.165) is 39.0 Å². The minimum Gasteiger partial charge on any atom is -0.481 e. The Balaban J connectivity index is 1.96. The fraction of sp³-hybridized carbons (Fsp3) is 0.143. The largest absolute Gasteiger partial charge is 0.481 e. The van der Waals surface area contributed by atoms with E-state index in [9.17, 15) is 9.90 Å². The highest BCUT2D eigenvalue weighted by atomic mass is 16.5. The number of aliphatic hydroxyl groups excluding tert-OH is 1. The van der Waals surface area contributed by atoms with E-state index < -0.39 is 0 Å². The van der Waals surface area contributed by atoms with E-state index in [4.69, 9.17) is 4.74 Å². The normalized spacial score (nSPS) is 10.9. The summed E-state index contributed by atoms with van der Waals surface area (Å²) in [6, 6.07) is 9.08. The van der Waals surface area contributed by atoms with Gasteiger partial charge in [0.25, 0.3) is 0 Å². The number of aromatic amines is 1. The number of hydrogen-bond acceptors (Lipinski definition) is 6. The molecule has 1 amide bonds. The fourth-order valence-corrected chi connectivity index (χ4v) is 3.25. The molecular formula is C21H19N5O3. The summed E-state index contributed by atoms with van der Waals surface area (Å²) < 4.78 is 5.16. The molecule has 29 heavy (non-hydrogen) atoms. The topological polar surface area (TPSA) is 113 Å². The van der Waals surface area contributed by atoms with Gasteiger partial charge in [0.15, 0.2) is 0 Å². The molecule has 0 atom stereocenters. The van der Waals surface area contributed by atoms with Gasteiger partial charge in [0, 0.05) is 53.8 Å². The number of aromatic nitrogens is 4. The highest BCUT2D eigenvalue weighted by Crippen LogP contribution is 2.38. The highest BCUT2D eigenvalue weighted by molar-refractivity contribution is 6.02. The summed E-state index contributed by atoms with van der Waals surface area (Å²) >= 11 is 0. The van der Waals surface area contributed by atoms with Crippen LogP contribution >= 0.6 is 0 Å². The molecule has 0 bridgehead atoms. The maximum atomic E-state index is 11.4. The second-order valence-electron chi connectivity index (χ2n) is 6.43. The van der Waals surface area contributed by atoms with E-state index in [1.807, 2.05) is 12.1 Å². The Labute approximate surface area is 166 Å². The maximum absolute atomic E-state index is 11.4. The molecule has 0 unspecified atom stereocenters. The lowest BCUT2D eigenvalue weighted by molar-refractivity contribution is -0.114. The summed E-state index contributed by atoms with van der Waals surface area (Å²) in [5.74, 6) is 0.758. The van der Waals surface area contributed by atoms with Crippen molar-refractivity contribution in [2.75, 3.05) is 12.4 Å². The predicted octanol–water partition coefficient (Wildman–Crippen LogP) is 3.15. The molecule has 4 aromatic rings. The van der Waals surface area contributed by atoms with Gasteiger partial charge in [0.1, 0.15) is 5.82 Å². The summed E-state index contributed by atoms with van der Waals surface area (Å²) in [5.41, 5.74) is 5.48. The average molecular weight is 389 g/mol. The van der Waals surface area contributed by atoms with Crippen LogP contribution in [0, 0.1) is 0 Å². The van der Waals surface area contributed by atoms with Gasteiger partial charge in [-0.1, -0.05) is 0 Å². The van der Waals surface area contributed by atoms with E-state index in [-0.39, 0.29) is 12.5 Å². The van der Waals surface area contributed by atoms with Crippen LogP contribution in [0.2, 0.25) is 0 Å². The molecule has 0 aromatic carbocycles. The van der Waals surface area contributed by atoms with Crippen molar-refractivity contribution in [3.63, 3.8) is 0 Å². The second-order valence-corrected chi connectivity index (χ2v) is 6.43. The van der Waals surface area contributed by atoms with Crippen LogP contribution in [0.25, 0.3) is 33.4 Å². The van der Waals surface area contributed by atoms with Crippen LogP contribution in [0.5, 0.6) is 5.88 Å². The second kappa shape index (κ2) is 7.69. The molecular weight excluding hydrogens is 370 g/mol. The maximum Gasteiger partial charge on any atom is 0.222 e. The van der Waals surface area contributed by atoms with Crippen LogP contribution in [-0.2, 0) is 11.4 Å². The van der Waals surface area contributed by atoms with Gasteiger partial charge in [0.2, 0.25) is 11.8 Å². The third-order valence-electron chi connectivity index (χ3n) is 4.53. The van der Waals surface area contributed by atoms with Crippen LogP contribution in [0.1, 0.15) is 12.5 Å². The zero-order valence-electron chi connectivity index (χ0n) is 15.9. The van der Waals surface area contributed by atoms with Gasteiger partial charge in [-0.2, -0.15) is 0 Å². The van der Waals surface area contributed by atoms with Gasteiger partial charge in [-0.25, -0.2) is 9.97 Å². The molecule has 4 rings (SSSR count). The molecule has 0 aliphatic rings.